The average molecular weight is 509 g/mol. The summed E-state index contributed by atoms with van der Waals surface area (Å²) < 4.78 is 0. The van der Waals surface area contributed by atoms with E-state index in [9.17, 15) is 40.5 Å². The van der Waals surface area contributed by atoms with Crippen LogP contribution >= 0.6 is 0 Å². The summed E-state index contributed by atoms with van der Waals surface area (Å²) in [5.41, 5.74) is -5.48. The minimum Gasteiger partial charge on any atom is -0.392 e. The standard InChI is InChI=1S/C28H44O8/c1-14(24(2,3)34)9-22(33)27(6,35)21-7-8-28(36)16-11-17(29)15-10-18(30)19(31)12-25(15,4)23(16)20(32)13-26(21,28)5/h11,15,18-23,30-36H,1,7-10,12-13H2,2-6H3/t15-,18+,19-,20+,21-,22+,23+,25-,26+,27?,28+/m0/s1. The molecule has 0 heterocycles. The Bertz CT molecular complexity index is 965. The number of ketones is 1. The zero-order valence-electron chi connectivity index (χ0n) is 22.1. The van der Waals surface area contributed by atoms with Crippen molar-refractivity contribution in [3.05, 3.63) is 23.8 Å². The van der Waals surface area contributed by atoms with Gasteiger partial charge in [-0.15, -0.1) is 0 Å². The molecule has 11 atom stereocenters. The summed E-state index contributed by atoms with van der Waals surface area (Å²) in [6.45, 7) is 12.2. The molecule has 4 aliphatic rings. The van der Waals surface area contributed by atoms with Crippen molar-refractivity contribution in [2.45, 2.75) is 114 Å². The summed E-state index contributed by atoms with van der Waals surface area (Å²) in [4.78, 5) is 13.3. The van der Waals surface area contributed by atoms with Crippen LogP contribution in [-0.4, -0.2) is 82.7 Å². The van der Waals surface area contributed by atoms with E-state index in [-0.39, 0.29) is 37.9 Å². The van der Waals surface area contributed by atoms with Gasteiger partial charge in [0.1, 0.15) is 0 Å². The number of hydrogen-bond acceptors (Lipinski definition) is 8. The number of allylic oxidation sites excluding steroid dienone is 1. The molecule has 0 spiro atoms. The summed E-state index contributed by atoms with van der Waals surface area (Å²) in [5, 5.41) is 77.5. The van der Waals surface area contributed by atoms with Gasteiger partial charge in [-0.1, -0.05) is 20.4 Å². The third-order valence-corrected chi connectivity index (χ3v) is 10.7. The first-order valence-electron chi connectivity index (χ1n) is 13.1. The maximum atomic E-state index is 13.3. The molecule has 0 aromatic carbocycles. The van der Waals surface area contributed by atoms with Crippen molar-refractivity contribution in [1.82, 2.24) is 0 Å². The largest absolute Gasteiger partial charge is 0.392 e. The third kappa shape index (κ3) is 3.79. The van der Waals surface area contributed by atoms with Crippen LogP contribution in [-0.2, 0) is 4.79 Å². The second-order valence-corrected chi connectivity index (χ2v) is 13.4. The molecule has 1 unspecified atom stereocenters. The lowest BCUT2D eigenvalue weighted by molar-refractivity contribution is -0.196. The van der Waals surface area contributed by atoms with Crippen LogP contribution in [0.1, 0.15) is 73.1 Å². The van der Waals surface area contributed by atoms with E-state index >= 15 is 0 Å². The number of aliphatic hydroxyl groups is 7. The van der Waals surface area contributed by atoms with E-state index in [1.54, 1.807) is 20.8 Å². The maximum Gasteiger partial charge on any atom is 0.159 e. The van der Waals surface area contributed by atoms with E-state index in [4.69, 9.17) is 0 Å². The highest BCUT2D eigenvalue weighted by molar-refractivity contribution is 5.95. The van der Waals surface area contributed by atoms with E-state index in [0.717, 1.165) is 0 Å². The van der Waals surface area contributed by atoms with Crippen molar-refractivity contribution in [1.29, 1.82) is 0 Å². The number of hydrogen-bond donors (Lipinski definition) is 7. The zero-order valence-corrected chi connectivity index (χ0v) is 22.1. The molecule has 204 valence electrons. The van der Waals surface area contributed by atoms with Crippen LogP contribution in [0.2, 0.25) is 0 Å². The third-order valence-electron chi connectivity index (χ3n) is 10.7. The molecule has 4 rings (SSSR count). The van der Waals surface area contributed by atoms with Gasteiger partial charge in [-0.3, -0.25) is 4.79 Å². The number of carbonyl (C=O) groups is 1. The van der Waals surface area contributed by atoms with E-state index in [1.165, 1.54) is 13.0 Å². The Hall–Kier alpha value is -1.13. The van der Waals surface area contributed by atoms with Gasteiger partial charge in [0.25, 0.3) is 0 Å². The molecule has 4 aliphatic carbocycles. The van der Waals surface area contributed by atoms with Gasteiger partial charge in [-0.25, -0.2) is 0 Å². The van der Waals surface area contributed by atoms with Crippen molar-refractivity contribution < 1.29 is 40.5 Å². The molecular formula is C28H44O8. The molecule has 0 saturated heterocycles. The molecule has 36 heavy (non-hydrogen) atoms. The highest BCUT2D eigenvalue weighted by Crippen LogP contribution is 2.68. The van der Waals surface area contributed by atoms with Crippen molar-refractivity contribution in [2.24, 2.45) is 28.6 Å². The van der Waals surface area contributed by atoms with E-state index in [0.29, 0.717) is 17.6 Å². The van der Waals surface area contributed by atoms with Gasteiger partial charge in [0.15, 0.2) is 5.78 Å². The Kier molecular flexibility index (Phi) is 6.53. The van der Waals surface area contributed by atoms with Crippen LogP contribution in [0.3, 0.4) is 0 Å². The summed E-state index contributed by atoms with van der Waals surface area (Å²) >= 11 is 0. The first-order chi connectivity index (χ1) is 16.3. The van der Waals surface area contributed by atoms with Crippen LogP contribution < -0.4 is 0 Å². The van der Waals surface area contributed by atoms with Crippen LogP contribution in [0.25, 0.3) is 0 Å². The molecule has 0 radical (unpaired) electrons. The fourth-order valence-corrected chi connectivity index (χ4v) is 8.35. The summed E-state index contributed by atoms with van der Waals surface area (Å²) in [7, 11) is 0. The van der Waals surface area contributed by atoms with Crippen molar-refractivity contribution >= 4 is 5.78 Å². The van der Waals surface area contributed by atoms with Crippen LogP contribution in [0.15, 0.2) is 23.8 Å². The Labute approximate surface area is 213 Å². The van der Waals surface area contributed by atoms with E-state index < -0.39 is 69.8 Å². The number of aliphatic hydroxyl groups excluding tert-OH is 4. The van der Waals surface area contributed by atoms with Gasteiger partial charge >= 0.3 is 0 Å². The monoisotopic (exact) mass is 508 g/mol. The van der Waals surface area contributed by atoms with Crippen molar-refractivity contribution in [3.8, 4) is 0 Å². The van der Waals surface area contributed by atoms with Crippen LogP contribution in [0.4, 0.5) is 0 Å². The van der Waals surface area contributed by atoms with Crippen molar-refractivity contribution in [2.75, 3.05) is 0 Å². The highest BCUT2D eigenvalue weighted by Gasteiger charge is 2.71. The van der Waals surface area contributed by atoms with Gasteiger partial charge in [0.05, 0.1) is 41.2 Å². The Morgan fingerprint density at radius 2 is 1.72 bits per heavy atom. The lowest BCUT2D eigenvalue weighted by Crippen LogP contribution is -2.66. The van der Waals surface area contributed by atoms with Crippen LogP contribution in [0.5, 0.6) is 0 Å². The molecule has 7 N–H and O–H groups in total. The van der Waals surface area contributed by atoms with E-state index in [2.05, 4.69) is 6.58 Å². The quantitative estimate of drug-likeness (QED) is 0.271. The molecule has 0 aromatic rings. The fraction of sp³-hybridized carbons (Fsp3) is 0.821. The summed E-state index contributed by atoms with van der Waals surface area (Å²) in [5.74, 6) is -1.99. The lowest BCUT2D eigenvalue weighted by Gasteiger charge is -2.62. The van der Waals surface area contributed by atoms with Gasteiger partial charge in [-0.05, 0) is 87.9 Å². The molecule has 3 fully saturated rings. The lowest BCUT2D eigenvalue weighted by atomic mass is 9.44. The molecule has 0 aliphatic heterocycles. The van der Waals surface area contributed by atoms with Gasteiger partial charge in [0.2, 0.25) is 0 Å². The second-order valence-electron chi connectivity index (χ2n) is 13.4. The SMILES string of the molecule is C=C(C[C@@H](O)C(C)(O)[C@H]1CC[C@@]2(O)C3=CC(=O)[C@@H]4C[C@@H](O)[C@@H](O)C[C@]4(C)[C@H]3[C@H](O)C[C@]12C)C(C)(C)O. The highest BCUT2D eigenvalue weighted by atomic mass is 16.3. The molecule has 8 heteroatoms. The molecular weight excluding hydrogens is 464 g/mol. The number of rotatable bonds is 5. The van der Waals surface area contributed by atoms with Crippen molar-refractivity contribution in [3.63, 3.8) is 0 Å². The number of fused-ring (bicyclic) bond motifs is 5. The molecule has 0 aromatic heterocycles. The Morgan fingerprint density at radius 3 is 2.31 bits per heavy atom. The molecule has 3 saturated carbocycles. The fourth-order valence-electron chi connectivity index (χ4n) is 8.35. The zero-order chi connectivity index (χ0) is 27.2. The first-order valence-corrected chi connectivity index (χ1v) is 13.1. The minimum atomic E-state index is -1.67. The number of carbonyl (C=O) groups excluding carboxylic acids is 1. The summed E-state index contributed by atoms with van der Waals surface area (Å²) in [6, 6.07) is 0. The predicted molar refractivity (Wildman–Crippen MR) is 133 cm³/mol. The normalized spacial score (nSPS) is 47.2. The van der Waals surface area contributed by atoms with Gasteiger partial charge in [0, 0.05) is 17.3 Å². The first kappa shape index (κ1) is 27.9. The molecule has 0 bridgehead atoms. The second kappa shape index (κ2) is 8.43. The van der Waals surface area contributed by atoms with Gasteiger partial charge in [-0.2, -0.15) is 0 Å². The molecule has 8 nitrogen and oxygen atoms in total. The van der Waals surface area contributed by atoms with E-state index in [1.807, 2.05) is 6.92 Å². The molecule has 0 amide bonds. The Morgan fingerprint density at radius 1 is 1.11 bits per heavy atom. The minimum absolute atomic E-state index is 0.0339. The predicted octanol–water partition coefficient (Wildman–Crippen LogP) is 0.991. The van der Waals surface area contributed by atoms with Crippen LogP contribution in [0, 0.1) is 28.6 Å². The average Bonchev–Trinajstić information content (AvgIpc) is 3.01. The maximum absolute atomic E-state index is 13.3. The Balaban J connectivity index is 1.72. The topological polar surface area (TPSA) is 159 Å². The van der Waals surface area contributed by atoms with Gasteiger partial charge < -0.3 is 35.7 Å². The summed E-state index contributed by atoms with van der Waals surface area (Å²) in [6.07, 6.45) is -1.87. The smallest absolute Gasteiger partial charge is 0.159 e.